The third-order valence-electron chi connectivity index (χ3n) is 9.65. The van der Waals surface area contributed by atoms with E-state index in [1.807, 2.05) is 6.07 Å². The Morgan fingerprint density at radius 1 is 0.674 bits per heavy atom. The number of aromatic nitrogens is 1. The minimum atomic E-state index is -0.782. The van der Waals surface area contributed by atoms with Crippen molar-refractivity contribution in [2.45, 2.75) is 165 Å². The van der Waals surface area contributed by atoms with Gasteiger partial charge in [0.15, 0.2) is 15.8 Å². The number of benzene rings is 1. The van der Waals surface area contributed by atoms with E-state index < -0.39 is 16.1 Å². The van der Waals surface area contributed by atoms with E-state index >= 15 is 0 Å². The first-order valence-corrected chi connectivity index (χ1v) is 18.2. The Bertz CT molecular complexity index is 986. The van der Waals surface area contributed by atoms with Crippen molar-refractivity contribution in [1.82, 2.24) is 15.6 Å². The predicted octanol–water partition coefficient (Wildman–Crippen LogP) is 8.70. The van der Waals surface area contributed by atoms with Gasteiger partial charge in [-0.25, -0.2) is 4.98 Å². The number of rotatable bonds is 8. The molecule has 0 amide bonds. The van der Waals surface area contributed by atoms with E-state index in [2.05, 4.69) is 40.9 Å². The highest BCUT2D eigenvalue weighted by atomic mass is 32.1. The number of fused-ring (bicyclic) bond motifs is 1. The molecule has 0 bridgehead atoms. The predicted molar refractivity (Wildman–Crippen MR) is 183 cm³/mol. The van der Waals surface area contributed by atoms with Crippen LogP contribution in [0.2, 0.25) is 0 Å². The second-order valence-electron chi connectivity index (χ2n) is 13.2. The molecule has 1 heterocycles. The average molecular weight is 630 g/mol. The van der Waals surface area contributed by atoms with Crippen molar-refractivity contribution in [2.75, 3.05) is 0 Å². The van der Waals surface area contributed by atoms with E-state index in [0.717, 1.165) is 24.2 Å². The van der Waals surface area contributed by atoms with Gasteiger partial charge in [-0.2, -0.15) is 0 Å². The summed E-state index contributed by atoms with van der Waals surface area (Å²) in [5.41, 5.74) is 1.22. The quantitative estimate of drug-likeness (QED) is 0.219. The number of oxazole rings is 1. The SMILES string of the molecule is C1CCC(NC2CCCCC2)CC1.C1CCC(NC2CCCCC2)CC1.O=C(S)CC(C(=O)S)c1nc2ccccc2o1. The van der Waals surface area contributed by atoms with Crippen LogP contribution in [0, 0.1) is 0 Å². The molecule has 43 heavy (non-hydrogen) atoms. The fraction of sp³-hybridized carbons (Fsp3) is 0.743. The van der Waals surface area contributed by atoms with Crippen LogP contribution in [0.4, 0.5) is 0 Å². The summed E-state index contributed by atoms with van der Waals surface area (Å²) in [5, 5.41) is 6.85. The van der Waals surface area contributed by atoms with Crippen LogP contribution in [0.15, 0.2) is 28.7 Å². The summed E-state index contributed by atoms with van der Waals surface area (Å²) in [4.78, 5) is 26.5. The van der Waals surface area contributed by atoms with E-state index in [1.165, 1.54) is 128 Å². The maximum absolute atomic E-state index is 11.3. The average Bonchev–Trinajstić information content (AvgIpc) is 3.46. The number of para-hydroxylation sites is 2. The van der Waals surface area contributed by atoms with Gasteiger partial charge in [-0.15, -0.1) is 25.3 Å². The molecule has 1 unspecified atom stereocenters. The Hall–Kier alpha value is -1.35. The van der Waals surface area contributed by atoms with Gasteiger partial charge in [0.1, 0.15) is 11.4 Å². The van der Waals surface area contributed by atoms with Crippen LogP contribution in [-0.4, -0.2) is 39.4 Å². The summed E-state index contributed by atoms with van der Waals surface area (Å²) in [6, 6.07) is 10.6. The van der Waals surface area contributed by atoms with Gasteiger partial charge in [0.25, 0.3) is 0 Å². The van der Waals surface area contributed by atoms with Gasteiger partial charge in [0.2, 0.25) is 5.89 Å². The third-order valence-corrected chi connectivity index (χ3v) is 10.1. The van der Waals surface area contributed by atoms with Gasteiger partial charge < -0.3 is 15.1 Å². The van der Waals surface area contributed by atoms with Crippen molar-refractivity contribution >= 4 is 46.6 Å². The van der Waals surface area contributed by atoms with Crippen LogP contribution in [0.25, 0.3) is 11.1 Å². The molecule has 6 nitrogen and oxygen atoms in total. The lowest BCUT2D eigenvalue weighted by Gasteiger charge is -2.30. The topological polar surface area (TPSA) is 84.2 Å². The Kier molecular flexibility index (Phi) is 15.4. The van der Waals surface area contributed by atoms with E-state index in [9.17, 15) is 9.59 Å². The highest BCUT2D eigenvalue weighted by Crippen LogP contribution is 2.27. The normalized spacial score (nSPS) is 21.7. The first-order chi connectivity index (χ1) is 21.0. The second-order valence-corrected chi connectivity index (χ2v) is 14.1. The number of nitrogens with one attached hydrogen (secondary N) is 2. The molecule has 1 aromatic heterocycles. The summed E-state index contributed by atoms with van der Waals surface area (Å²) in [5.74, 6) is -0.579. The van der Waals surface area contributed by atoms with Crippen molar-refractivity contribution < 1.29 is 14.0 Å². The molecule has 4 aliphatic rings. The van der Waals surface area contributed by atoms with Crippen molar-refractivity contribution in [3.63, 3.8) is 0 Å². The van der Waals surface area contributed by atoms with Gasteiger partial charge >= 0.3 is 0 Å². The number of carbonyl (C=O) groups excluding carboxylic acids is 2. The molecule has 4 aliphatic carbocycles. The summed E-state index contributed by atoms with van der Waals surface area (Å²) < 4.78 is 5.43. The van der Waals surface area contributed by atoms with Gasteiger partial charge in [0.05, 0.1) is 0 Å². The van der Waals surface area contributed by atoms with Gasteiger partial charge in [-0.3, -0.25) is 9.59 Å². The van der Waals surface area contributed by atoms with E-state index in [1.54, 1.807) is 18.2 Å². The van der Waals surface area contributed by atoms with Crippen molar-refractivity contribution in [3.05, 3.63) is 30.2 Å². The molecule has 1 aromatic carbocycles. The van der Waals surface area contributed by atoms with E-state index in [-0.39, 0.29) is 12.3 Å². The highest BCUT2D eigenvalue weighted by Gasteiger charge is 2.25. The van der Waals surface area contributed by atoms with Crippen LogP contribution >= 0.6 is 25.3 Å². The summed E-state index contributed by atoms with van der Waals surface area (Å²) >= 11 is 7.39. The fourth-order valence-electron chi connectivity index (χ4n) is 7.24. The maximum Gasteiger partial charge on any atom is 0.207 e. The lowest BCUT2D eigenvalue weighted by atomic mass is 9.91. The molecule has 0 radical (unpaired) electrons. The zero-order valence-corrected chi connectivity index (χ0v) is 27.9. The summed E-state index contributed by atoms with van der Waals surface area (Å²) in [6.07, 6.45) is 29.1. The Morgan fingerprint density at radius 3 is 1.42 bits per heavy atom. The summed E-state index contributed by atoms with van der Waals surface area (Å²) in [6.45, 7) is 0. The second kappa shape index (κ2) is 19.2. The van der Waals surface area contributed by atoms with Crippen molar-refractivity contribution in [1.29, 1.82) is 0 Å². The largest absolute Gasteiger partial charge is 0.440 e. The smallest absolute Gasteiger partial charge is 0.207 e. The number of hydrogen-bond acceptors (Lipinski definition) is 6. The Morgan fingerprint density at radius 2 is 1.07 bits per heavy atom. The minimum absolute atomic E-state index is 0.0712. The first kappa shape index (κ1) is 34.5. The van der Waals surface area contributed by atoms with Crippen LogP contribution < -0.4 is 10.6 Å². The molecule has 0 saturated heterocycles. The highest BCUT2D eigenvalue weighted by molar-refractivity contribution is 7.97. The molecule has 0 spiro atoms. The number of thiol groups is 2. The number of hydrogen-bond donors (Lipinski definition) is 4. The van der Waals surface area contributed by atoms with Crippen LogP contribution in [0.3, 0.4) is 0 Å². The lowest BCUT2D eigenvalue weighted by molar-refractivity contribution is -0.117. The van der Waals surface area contributed by atoms with Crippen LogP contribution in [0.1, 0.15) is 147 Å². The van der Waals surface area contributed by atoms with Gasteiger partial charge in [-0.05, 0) is 63.5 Å². The van der Waals surface area contributed by atoms with Crippen LogP contribution in [-0.2, 0) is 9.59 Å². The standard InChI is InChI=1S/2C12H23N.C11H9NO3S2/c2*1-3-7-11(8-4-1)13-12-9-5-2-6-10-12;13-9(16)5-6(11(14)17)10-12-7-3-1-2-4-8(7)15-10/h2*11-13H,1-10H2;1-4,6H,5H2,(H,13,16)(H,14,17). The molecule has 0 aliphatic heterocycles. The van der Waals surface area contributed by atoms with E-state index in [4.69, 9.17) is 4.42 Å². The molecular formula is C35H55N3O3S2. The third kappa shape index (κ3) is 12.5. The molecule has 4 fully saturated rings. The summed E-state index contributed by atoms with van der Waals surface area (Å²) in [7, 11) is 0. The number of carbonyl (C=O) groups is 2. The lowest BCUT2D eigenvalue weighted by Crippen LogP contribution is -2.40. The molecule has 6 rings (SSSR count). The first-order valence-electron chi connectivity index (χ1n) is 17.3. The molecule has 2 N–H and O–H groups in total. The monoisotopic (exact) mass is 629 g/mol. The van der Waals surface area contributed by atoms with Gasteiger partial charge in [0, 0.05) is 30.6 Å². The molecule has 2 aromatic rings. The zero-order chi connectivity index (χ0) is 30.3. The molecular weight excluding hydrogens is 575 g/mol. The minimum Gasteiger partial charge on any atom is -0.440 e. The molecule has 8 heteroatoms. The zero-order valence-electron chi connectivity index (χ0n) is 26.1. The van der Waals surface area contributed by atoms with Crippen molar-refractivity contribution in [2.24, 2.45) is 0 Å². The van der Waals surface area contributed by atoms with Crippen LogP contribution in [0.5, 0.6) is 0 Å². The van der Waals surface area contributed by atoms with Gasteiger partial charge in [-0.1, -0.05) is 89.2 Å². The number of nitrogens with zero attached hydrogens (tertiary/aromatic N) is 1. The van der Waals surface area contributed by atoms with Crippen molar-refractivity contribution in [3.8, 4) is 0 Å². The molecule has 4 saturated carbocycles. The Balaban J connectivity index is 0.000000150. The Labute approximate surface area is 270 Å². The molecule has 240 valence electrons. The fourth-order valence-corrected chi connectivity index (χ4v) is 7.62. The van der Waals surface area contributed by atoms with E-state index in [0.29, 0.717) is 11.1 Å². The molecule has 1 atom stereocenters. The maximum atomic E-state index is 11.3.